The summed E-state index contributed by atoms with van der Waals surface area (Å²) in [5, 5.41) is 3.50. The Kier molecular flexibility index (Phi) is 4.02. The van der Waals surface area contributed by atoms with Crippen LogP contribution in [0.15, 0.2) is 0 Å². The van der Waals surface area contributed by atoms with Gasteiger partial charge in [-0.1, -0.05) is 13.8 Å². The van der Waals surface area contributed by atoms with Gasteiger partial charge < -0.3 is 10.1 Å². The zero-order chi connectivity index (χ0) is 8.97. The van der Waals surface area contributed by atoms with E-state index in [-0.39, 0.29) is 0 Å². The third kappa shape index (κ3) is 3.11. The van der Waals surface area contributed by atoms with Crippen LogP contribution in [0.25, 0.3) is 0 Å². The van der Waals surface area contributed by atoms with E-state index in [1.54, 1.807) is 0 Å². The smallest absolute Gasteiger partial charge is 0.0714 e. The van der Waals surface area contributed by atoms with Gasteiger partial charge in [-0.25, -0.2) is 0 Å². The van der Waals surface area contributed by atoms with Crippen molar-refractivity contribution in [1.82, 2.24) is 5.32 Å². The molecule has 12 heavy (non-hydrogen) atoms. The summed E-state index contributed by atoms with van der Waals surface area (Å²) in [4.78, 5) is 0. The molecule has 0 saturated carbocycles. The molecule has 0 aromatic rings. The fourth-order valence-electron chi connectivity index (χ4n) is 1.89. The molecule has 2 atom stereocenters. The van der Waals surface area contributed by atoms with Crippen LogP contribution in [-0.4, -0.2) is 25.3 Å². The average Bonchev–Trinajstić information content (AvgIpc) is 2.36. The Hall–Kier alpha value is -0.0800. The van der Waals surface area contributed by atoms with E-state index in [4.69, 9.17) is 4.74 Å². The van der Waals surface area contributed by atoms with Crippen molar-refractivity contribution in [3.63, 3.8) is 0 Å². The molecule has 0 amide bonds. The SMILES string of the molecule is CCO[C@H]1CN[C@@H](CC(C)C)C1. The van der Waals surface area contributed by atoms with Crippen molar-refractivity contribution in [2.75, 3.05) is 13.2 Å². The summed E-state index contributed by atoms with van der Waals surface area (Å²) >= 11 is 0. The predicted octanol–water partition coefficient (Wildman–Crippen LogP) is 1.80. The van der Waals surface area contributed by atoms with E-state index in [0.29, 0.717) is 12.1 Å². The molecule has 1 aliphatic rings. The third-order valence-electron chi connectivity index (χ3n) is 2.34. The molecule has 1 fully saturated rings. The summed E-state index contributed by atoms with van der Waals surface area (Å²) in [6.45, 7) is 8.51. The van der Waals surface area contributed by atoms with Gasteiger partial charge in [-0.05, 0) is 25.7 Å². The van der Waals surface area contributed by atoms with Crippen LogP contribution in [0.3, 0.4) is 0 Å². The van der Waals surface area contributed by atoms with Crippen molar-refractivity contribution in [3.05, 3.63) is 0 Å². The van der Waals surface area contributed by atoms with Crippen molar-refractivity contribution in [2.24, 2.45) is 5.92 Å². The number of nitrogens with one attached hydrogen (secondary N) is 1. The fraction of sp³-hybridized carbons (Fsp3) is 1.00. The Balaban J connectivity index is 2.16. The molecule has 0 radical (unpaired) electrons. The van der Waals surface area contributed by atoms with Gasteiger partial charge in [0.25, 0.3) is 0 Å². The Labute approximate surface area is 75.7 Å². The molecule has 0 spiro atoms. The average molecular weight is 171 g/mol. The number of hydrogen-bond donors (Lipinski definition) is 1. The van der Waals surface area contributed by atoms with Crippen molar-refractivity contribution >= 4 is 0 Å². The maximum Gasteiger partial charge on any atom is 0.0714 e. The molecular weight excluding hydrogens is 150 g/mol. The van der Waals surface area contributed by atoms with E-state index in [2.05, 4.69) is 26.1 Å². The standard InChI is InChI=1S/C10H21NO/c1-4-12-10-6-9(11-7-10)5-8(2)3/h8-11H,4-7H2,1-3H3/t9-,10+/m0/s1. The molecule has 0 bridgehead atoms. The lowest BCUT2D eigenvalue weighted by Gasteiger charge is -2.12. The lowest BCUT2D eigenvalue weighted by molar-refractivity contribution is 0.0753. The van der Waals surface area contributed by atoms with Crippen LogP contribution in [0, 0.1) is 5.92 Å². The van der Waals surface area contributed by atoms with Crippen LogP contribution in [0.2, 0.25) is 0 Å². The van der Waals surface area contributed by atoms with Crippen LogP contribution in [0.5, 0.6) is 0 Å². The topological polar surface area (TPSA) is 21.3 Å². The first-order valence-electron chi connectivity index (χ1n) is 5.07. The number of ether oxygens (including phenoxy) is 1. The largest absolute Gasteiger partial charge is 0.377 e. The molecule has 1 N–H and O–H groups in total. The third-order valence-corrected chi connectivity index (χ3v) is 2.34. The summed E-state index contributed by atoms with van der Waals surface area (Å²) < 4.78 is 5.55. The highest BCUT2D eigenvalue weighted by molar-refractivity contribution is 4.82. The zero-order valence-corrected chi connectivity index (χ0v) is 8.47. The highest BCUT2D eigenvalue weighted by atomic mass is 16.5. The second-order valence-electron chi connectivity index (χ2n) is 4.05. The van der Waals surface area contributed by atoms with Gasteiger partial charge in [0.15, 0.2) is 0 Å². The molecule has 1 heterocycles. The summed E-state index contributed by atoms with van der Waals surface area (Å²) in [7, 11) is 0. The summed E-state index contributed by atoms with van der Waals surface area (Å²) in [5.74, 6) is 0.794. The molecule has 1 rings (SSSR count). The van der Waals surface area contributed by atoms with E-state index in [9.17, 15) is 0 Å². The molecule has 1 saturated heterocycles. The monoisotopic (exact) mass is 171 g/mol. The predicted molar refractivity (Wildman–Crippen MR) is 51.3 cm³/mol. The molecule has 2 nitrogen and oxygen atoms in total. The van der Waals surface area contributed by atoms with Crippen molar-refractivity contribution in [1.29, 1.82) is 0 Å². The van der Waals surface area contributed by atoms with E-state index in [1.165, 1.54) is 12.8 Å². The highest BCUT2D eigenvalue weighted by Crippen LogP contribution is 2.16. The minimum absolute atomic E-state index is 0.471. The first kappa shape index (κ1) is 10.0. The minimum Gasteiger partial charge on any atom is -0.377 e. The van der Waals surface area contributed by atoms with Gasteiger partial charge >= 0.3 is 0 Å². The first-order valence-corrected chi connectivity index (χ1v) is 5.07. The molecule has 1 aliphatic heterocycles. The maximum atomic E-state index is 5.55. The van der Waals surface area contributed by atoms with E-state index in [0.717, 1.165) is 19.1 Å². The van der Waals surface area contributed by atoms with Gasteiger partial charge in [0.1, 0.15) is 0 Å². The van der Waals surface area contributed by atoms with Gasteiger partial charge in [0.05, 0.1) is 6.10 Å². The first-order chi connectivity index (χ1) is 5.72. The van der Waals surface area contributed by atoms with Gasteiger partial charge in [-0.15, -0.1) is 0 Å². The Morgan fingerprint density at radius 1 is 1.50 bits per heavy atom. The van der Waals surface area contributed by atoms with Gasteiger partial charge in [-0.2, -0.15) is 0 Å². The second kappa shape index (κ2) is 4.83. The Bertz CT molecular complexity index is 125. The van der Waals surface area contributed by atoms with Crippen molar-refractivity contribution < 1.29 is 4.74 Å². The van der Waals surface area contributed by atoms with E-state index >= 15 is 0 Å². The molecule has 0 aliphatic carbocycles. The van der Waals surface area contributed by atoms with Crippen LogP contribution in [-0.2, 0) is 4.74 Å². The summed E-state index contributed by atoms with van der Waals surface area (Å²) in [5.41, 5.74) is 0. The zero-order valence-electron chi connectivity index (χ0n) is 8.47. The molecular formula is C10H21NO. The molecule has 0 aromatic carbocycles. The molecule has 0 unspecified atom stereocenters. The number of hydrogen-bond acceptors (Lipinski definition) is 2. The highest BCUT2D eigenvalue weighted by Gasteiger charge is 2.24. The van der Waals surface area contributed by atoms with Crippen LogP contribution >= 0.6 is 0 Å². The maximum absolute atomic E-state index is 5.55. The van der Waals surface area contributed by atoms with Gasteiger partial charge in [0, 0.05) is 19.2 Å². The van der Waals surface area contributed by atoms with Crippen LogP contribution in [0.1, 0.15) is 33.6 Å². The lowest BCUT2D eigenvalue weighted by Crippen LogP contribution is -2.23. The molecule has 0 aromatic heterocycles. The lowest BCUT2D eigenvalue weighted by atomic mass is 10.0. The molecule has 72 valence electrons. The van der Waals surface area contributed by atoms with Crippen molar-refractivity contribution in [3.8, 4) is 0 Å². The Morgan fingerprint density at radius 3 is 2.83 bits per heavy atom. The van der Waals surface area contributed by atoms with Gasteiger partial charge in [0.2, 0.25) is 0 Å². The Morgan fingerprint density at radius 2 is 2.25 bits per heavy atom. The normalized spacial score (nSPS) is 30.0. The van der Waals surface area contributed by atoms with E-state index < -0.39 is 0 Å². The minimum atomic E-state index is 0.471. The second-order valence-corrected chi connectivity index (χ2v) is 4.05. The van der Waals surface area contributed by atoms with Crippen LogP contribution < -0.4 is 5.32 Å². The van der Waals surface area contributed by atoms with E-state index in [1.807, 2.05) is 0 Å². The van der Waals surface area contributed by atoms with Crippen molar-refractivity contribution in [2.45, 2.75) is 45.8 Å². The summed E-state index contributed by atoms with van der Waals surface area (Å²) in [6, 6.07) is 0.696. The fourth-order valence-corrected chi connectivity index (χ4v) is 1.89. The number of rotatable bonds is 4. The molecule has 2 heteroatoms. The quantitative estimate of drug-likeness (QED) is 0.696. The summed E-state index contributed by atoms with van der Waals surface area (Å²) in [6.07, 6.45) is 2.95. The van der Waals surface area contributed by atoms with Gasteiger partial charge in [-0.3, -0.25) is 0 Å². The van der Waals surface area contributed by atoms with Crippen LogP contribution in [0.4, 0.5) is 0 Å².